The van der Waals surface area contributed by atoms with Gasteiger partial charge in [0, 0.05) is 12.4 Å². The Morgan fingerprint density at radius 1 is 1.44 bits per heavy atom. The van der Waals surface area contributed by atoms with Crippen molar-refractivity contribution in [2.75, 3.05) is 5.32 Å². The maximum absolute atomic E-state index is 12.2. The van der Waals surface area contributed by atoms with E-state index in [2.05, 4.69) is 39.8 Å². The molecule has 1 amide bonds. The average Bonchev–Trinajstić information content (AvgIpc) is 2.97. The first kappa shape index (κ1) is 12.3. The highest BCUT2D eigenvalue weighted by Crippen LogP contribution is 2.19. The summed E-state index contributed by atoms with van der Waals surface area (Å²) >= 11 is 0. The quantitative estimate of drug-likeness (QED) is 0.832. The number of nitrogens with zero attached hydrogens (tertiary/aromatic N) is 4. The van der Waals surface area contributed by atoms with E-state index in [4.69, 9.17) is 0 Å². The highest BCUT2D eigenvalue weighted by molar-refractivity contribution is 5.92. The number of tetrazole rings is 1. The highest BCUT2D eigenvalue weighted by Gasteiger charge is 2.21. The van der Waals surface area contributed by atoms with Gasteiger partial charge >= 0.3 is 0 Å². The van der Waals surface area contributed by atoms with Gasteiger partial charge in [-0.15, -0.1) is 5.10 Å². The van der Waals surface area contributed by atoms with Crippen LogP contribution in [0, 0.1) is 5.92 Å². The minimum absolute atomic E-state index is 0.138. The van der Waals surface area contributed by atoms with Gasteiger partial charge in [0.2, 0.25) is 5.91 Å². The standard InChI is InChI=1S/C11H16N6O/c1-8(2)7-9(17-5-3-4-6-17)10(18)12-11-13-15-16-14-11/h3-6,8-9H,7H2,1-2H3,(H2,12,13,14,15,16,18). The van der Waals surface area contributed by atoms with Crippen molar-refractivity contribution < 1.29 is 4.79 Å². The molecule has 2 heterocycles. The summed E-state index contributed by atoms with van der Waals surface area (Å²) < 4.78 is 1.88. The molecule has 0 aromatic carbocycles. The van der Waals surface area contributed by atoms with Gasteiger partial charge in [-0.3, -0.25) is 10.1 Å². The Kier molecular flexibility index (Phi) is 3.71. The number of carbonyl (C=O) groups excluding carboxylic acids is 1. The first-order valence-corrected chi connectivity index (χ1v) is 5.83. The first-order chi connectivity index (χ1) is 8.66. The number of hydrogen-bond acceptors (Lipinski definition) is 4. The Morgan fingerprint density at radius 3 is 2.72 bits per heavy atom. The smallest absolute Gasteiger partial charge is 0.269 e. The molecule has 0 bridgehead atoms. The van der Waals surface area contributed by atoms with Crippen molar-refractivity contribution >= 4 is 11.9 Å². The second kappa shape index (κ2) is 5.44. The van der Waals surface area contributed by atoms with Crippen LogP contribution in [0.1, 0.15) is 26.3 Å². The fraction of sp³-hybridized carbons (Fsp3) is 0.455. The maximum Gasteiger partial charge on any atom is 0.269 e. The van der Waals surface area contributed by atoms with Crippen LogP contribution in [0.25, 0.3) is 0 Å². The molecule has 7 nitrogen and oxygen atoms in total. The van der Waals surface area contributed by atoms with Gasteiger partial charge in [-0.25, -0.2) is 0 Å². The first-order valence-electron chi connectivity index (χ1n) is 5.83. The Hall–Kier alpha value is -2.18. The van der Waals surface area contributed by atoms with E-state index in [0.29, 0.717) is 5.92 Å². The number of hydrogen-bond donors (Lipinski definition) is 2. The van der Waals surface area contributed by atoms with E-state index in [1.807, 2.05) is 29.1 Å². The number of aromatic nitrogens is 5. The minimum atomic E-state index is -0.265. The van der Waals surface area contributed by atoms with Crippen LogP contribution < -0.4 is 5.32 Å². The molecule has 0 spiro atoms. The van der Waals surface area contributed by atoms with Crippen LogP contribution in [0.3, 0.4) is 0 Å². The van der Waals surface area contributed by atoms with E-state index in [-0.39, 0.29) is 17.9 Å². The SMILES string of the molecule is CC(C)CC(C(=O)Nc1nn[nH]n1)n1cccc1. The van der Waals surface area contributed by atoms with Gasteiger partial charge in [-0.05, 0) is 29.7 Å². The van der Waals surface area contributed by atoms with E-state index in [1.165, 1.54) is 0 Å². The lowest BCUT2D eigenvalue weighted by atomic mass is 10.0. The largest absolute Gasteiger partial charge is 0.342 e. The normalized spacial score (nSPS) is 12.6. The van der Waals surface area contributed by atoms with Crippen LogP contribution in [-0.4, -0.2) is 31.1 Å². The number of nitrogens with one attached hydrogen (secondary N) is 2. The van der Waals surface area contributed by atoms with Gasteiger partial charge < -0.3 is 4.57 Å². The summed E-state index contributed by atoms with van der Waals surface area (Å²) in [6.07, 6.45) is 4.50. The highest BCUT2D eigenvalue weighted by atomic mass is 16.2. The molecule has 2 rings (SSSR count). The van der Waals surface area contributed by atoms with E-state index < -0.39 is 0 Å². The number of carbonyl (C=O) groups is 1. The third kappa shape index (κ3) is 2.93. The summed E-state index contributed by atoms with van der Waals surface area (Å²) in [7, 11) is 0. The zero-order valence-electron chi connectivity index (χ0n) is 10.4. The van der Waals surface area contributed by atoms with Gasteiger partial charge in [0.05, 0.1) is 0 Å². The van der Waals surface area contributed by atoms with Gasteiger partial charge in [-0.2, -0.15) is 5.21 Å². The fourth-order valence-corrected chi connectivity index (χ4v) is 1.77. The molecule has 2 aromatic heterocycles. The molecule has 0 aliphatic rings. The molecule has 0 aliphatic heterocycles. The zero-order chi connectivity index (χ0) is 13.0. The van der Waals surface area contributed by atoms with Crippen molar-refractivity contribution in [2.45, 2.75) is 26.3 Å². The average molecular weight is 248 g/mol. The molecule has 96 valence electrons. The molecule has 0 fully saturated rings. The van der Waals surface area contributed by atoms with E-state index >= 15 is 0 Å². The molecule has 0 saturated heterocycles. The van der Waals surface area contributed by atoms with Crippen LogP contribution in [0.2, 0.25) is 0 Å². The number of H-pyrrole nitrogens is 1. The van der Waals surface area contributed by atoms with Crippen molar-refractivity contribution in [3.63, 3.8) is 0 Å². The predicted octanol–water partition coefficient (Wildman–Crippen LogP) is 1.23. The Bertz CT molecular complexity index is 476. The number of anilines is 1. The molecule has 2 N–H and O–H groups in total. The number of amides is 1. The third-order valence-electron chi connectivity index (χ3n) is 2.57. The van der Waals surface area contributed by atoms with E-state index in [9.17, 15) is 4.79 Å². The molecule has 2 aromatic rings. The lowest BCUT2D eigenvalue weighted by Crippen LogP contribution is -2.27. The summed E-state index contributed by atoms with van der Waals surface area (Å²) in [5.74, 6) is 0.468. The van der Waals surface area contributed by atoms with Crippen molar-refractivity contribution in [3.8, 4) is 0 Å². The number of aromatic amines is 1. The van der Waals surface area contributed by atoms with Crippen molar-refractivity contribution in [1.29, 1.82) is 0 Å². The minimum Gasteiger partial charge on any atom is -0.342 e. The maximum atomic E-state index is 12.2. The van der Waals surface area contributed by atoms with Crippen molar-refractivity contribution in [2.24, 2.45) is 5.92 Å². The topological polar surface area (TPSA) is 88.5 Å². The summed E-state index contributed by atoms with van der Waals surface area (Å²) in [6, 6.07) is 3.53. The lowest BCUT2D eigenvalue weighted by molar-refractivity contribution is -0.119. The number of rotatable bonds is 5. The summed E-state index contributed by atoms with van der Waals surface area (Å²) in [5, 5.41) is 15.8. The molecular formula is C11H16N6O. The fourth-order valence-electron chi connectivity index (χ4n) is 1.77. The molecule has 1 unspecified atom stereocenters. The Balaban J connectivity index is 2.11. The van der Waals surface area contributed by atoms with Gasteiger partial charge in [0.1, 0.15) is 6.04 Å². The third-order valence-corrected chi connectivity index (χ3v) is 2.57. The van der Waals surface area contributed by atoms with Crippen molar-refractivity contribution in [3.05, 3.63) is 24.5 Å². The lowest BCUT2D eigenvalue weighted by Gasteiger charge is -2.19. The van der Waals surface area contributed by atoms with Crippen molar-refractivity contribution in [1.82, 2.24) is 25.2 Å². The summed E-state index contributed by atoms with van der Waals surface area (Å²) in [5.41, 5.74) is 0. The Labute approximate surface area is 105 Å². The Morgan fingerprint density at radius 2 is 2.17 bits per heavy atom. The van der Waals surface area contributed by atoms with Gasteiger partial charge in [0.25, 0.3) is 5.95 Å². The molecule has 0 radical (unpaired) electrons. The second-order valence-electron chi connectivity index (χ2n) is 4.50. The molecule has 0 saturated carbocycles. The van der Waals surface area contributed by atoms with Crippen LogP contribution >= 0.6 is 0 Å². The van der Waals surface area contributed by atoms with E-state index in [0.717, 1.165) is 6.42 Å². The van der Waals surface area contributed by atoms with Crippen LogP contribution in [0.4, 0.5) is 5.95 Å². The predicted molar refractivity (Wildman–Crippen MR) is 65.7 cm³/mol. The van der Waals surface area contributed by atoms with Crippen LogP contribution in [-0.2, 0) is 4.79 Å². The molecule has 0 aliphatic carbocycles. The van der Waals surface area contributed by atoms with Gasteiger partial charge in [-0.1, -0.05) is 18.9 Å². The molecule has 1 atom stereocenters. The van der Waals surface area contributed by atoms with E-state index in [1.54, 1.807) is 0 Å². The van der Waals surface area contributed by atoms with Crippen LogP contribution in [0.15, 0.2) is 24.5 Å². The second-order valence-corrected chi connectivity index (χ2v) is 4.50. The molecule has 18 heavy (non-hydrogen) atoms. The van der Waals surface area contributed by atoms with Gasteiger partial charge in [0.15, 0.2) is 0 Å². The summed E-state index contributed by atoms with van der Waals surface area (Å²) in [6.45, 7) is 4.16. The molecular weight excluding hydrogens is 232 g/mol. The summed E-state index contributed by atoms with van der Waals surface area (Å²) in [4.78, 5) is 12.2. The monoisotopic (exact) mass is 248 g/mol. The zero-order valence-corrected chi connectivity index (χ0v) is 10.4. The molecule has 7 heteroatoms. The van der Waals surface area contributed by atoms with Crippen LogP contribution in [0.5, 0.6) is 0 Å².